The molecule has 0 aromatic heterocycles. The predicted octanol–water partition coefficient (Wildman–Crippen LogP) is 1.47. The SMILES string of the molecule is Cc1cc(NN(C)C)ccc1N. The quantitative estimate of drug-likeness (QED) is 0.515. The number of nitrogens with one attached hydrogen (secondary N) is 1. The molecule has 0 fully saturated rings. The maximum atomic E-state index is 5.68. The number of hydrogen-bond donors (Lipinski definition) is 2. The van der Waals surface area contributed by atoms with Gasteiger partial charge in [-0.1, -0.05) is 0 Å². The van der Waals surface area contributed by atoms with Crippen molar-refractivity contribution >= 4 is 11.4 Å². The van der Waals surface area contributed by atoms with Gasteiger partial charge in [0, 0.05) is 25.5 Å². The van der Waals surface area contributed by atoms with E-state index in [9.17, 15) is 0 Å². The molecule has 12 heavy (non-hydrogen) atoms. The fourth-order valence-electron chi connectivity index (χ4n) is 1.00. The summed E-state index contributed by atoms with van der Waals surface area (Å²) in [6.45, 7) is 2.00. The number of hydrogen-bond acceptors (Lipinski definition) is 3. The smallest absolute Gasteiger partial charge is 0.0494 e. The zero-order valence-corrected chi connectivity index (χ0v) is 7.76. The first kappa shape index (κ1) is 8.87. The molecule has 0 spiro atoms. The fourth-order valence-corrected chi connectivity index (χ4v) is 1.00. The summed E-state index contributed by atoms with van der Waals surface area (Å²) in [4.78, 5) is 0. The maximum absolute atomic E-state index is 5.68. The molecule has 0 atom stereocenters. The molecule has 0 amide bonds. The molecule has 3 heteroatoms. The Kier molecular flexibility index (Phi) is 2.55. The van der Waals surface area contributed by atoms with Crippen LogP contribution in [0, 0.1) is 6.92 Å². The van der Waals surface area contributed by atoms with Gasteiger partial charge in [-0.25, -0.2) is 5.01 Å². The first-order chi connectivity index (χ1) is 5.59. The Morgan fingerprint density at radius 1 is 1.33 bits per heavy atom. The summed E-state index contributed by atoms with van der Waals surface area (Å²) < 4.78 is 0. The van der Waals surface area contributed by atoms with Crippen molar-refractivity contribution in [2.75, 3.05) is 25.3 Å². The number of rotatable bonds is 2. The fraction of sp³-hybridized carbons (Fsp3) is 0.333. The minimum atomic E-state index is 0.833. The van der Waals surface area contributed by atoms with Gasteiger partial charge in [-0.2, -0.15) is 0 Å². The van der Waals surface area contributed by atoms with Gasteiger partial charge >= 0.3 is 0 Å². The second-order valence-corrected chi connectivity index (χ2v) is 3.08. The van der Waals surface area contributed by atoms with E-state index in [2.05, 4.69) is 5.43 Å². The first-order valence-corrected chi connectivity index (χ1v) is 3.89. The number of aryl methyl sites for hydroxylation is 1. The highest BCUT2D eigenvalue weighted by Crippen LogP contribution is 2.16. The lowest BCUT2D eigenvalue weighted by Gasteiger charge is -2.14. The van der Waals surface area contributed by atoms with E-state index in [0.29, 0.717) is 0 Å². The van der Waals surface area contributed by atoms with Gasteiger partial charge in [-0.15, -0.1) is 0 Å². The van der Waals surface area contributed by atoms with E-state index in [1.807, 2.05) is 44.2 Å². The van der Waals surface area contributed by atoms with E-state index in [4.69, 9.17) is 5.73 Å². The topological polar surface area (TPSA) is 41.3 Å². The van der Waals surface area contributed by atoms with E-state index in [0.717, 1.165) is 16.9 Å². The van der Waals surface area contributed by atoms with Crippen LogP contribution < -0.4 is 11.2 Å². The molecule has 0 heterocycles. The summed E-state index contributed by atoms with van der Waals surface area (Å²) in [5, 5.41) is 1.89. The number of nitrogen functional groups attached to an aromatic ring is 1. The van der Waals surface area contributed by atoms with E-state index >= 15 is 0 Å². The van der Waals surface area contributed by atoms with Gasteiger partial charge in [0.05, 0.1) is 0 Å². The second-order valence-electron chi connectivity index (χ2n) is 3.08. The van der Waals surface area contributed by atoms with Crippen molar-refractivity contribution in [1.82, 2.24) is 5.01 Å². The Bertz CT molecular complexity index is 268. The summed E-state index contributed by atoms with van der Waals surface area (Å²) in [5.41, 5.74) is 11.8. The minimum Gasteiger partial charge on any atom is -0.399 e. The molecule has 0 unspecified atom stereocenters. The molecule has 0 aliphatic rings. The van der Waals surface area contributed by atoms with Gasteiger partial charge in [0.15, 0.2) is 0 Å². The number of hydrazine groups is 1. The predicted molar refractivity (Wildman–Crippen MR) is 52.9 cm³/mol. The van der Waals surface area contributed by atoms with Crippen molar-refractivity contribution in [2.24, 2.45) is 0 Å². The van der Waals surface area contributed by atoms with E-state index < -0.39 is 0 Å². The Morgan fingerprint density at radius 2 is 2.00 bits per heavy atom. The zero-order chi connectivity index (χ0) is 9.14. The summed E-state index contributed by atoms with van der Waals surface area (Å²) >= 11 is 0. The van der Waals surface area contributed by atoms with Gasteiger partial charge in [0.1, 0.15) is 0 Å². The average molecular weight is 165 g/mol. The normalized spacial score (nSPS) is 10.3. The van der Waals surface area contributed by atoms with E-state index in [-0.39, 0.29) is 0 Å². The molecule has 0 saturated carbocycles. The first-order valence-electron chi connectivity index (χ1n) is 3.89. The molecule has 0 aliphatic carbocycles. The molecule has 3 N–H and O–H groups in total. The largest absolute Gasteiger partial charge is 0.399 e. The van der Waals surface area contributed by atoms with Crippen LogP contribution >= 0.6 is 0 Å². The third-order valence-electron chi connectivity index (χ3n) is 1.62. The summed E-state index contributed by atoms with van der Waals surface area (Å²) in [5.74, 6) is 0. The second kappa shape index (κ2) is 3.45. The molecule has 0 bridgehead atoms. The van der Waals surface area contributed by atoms with Crippen LogP contribution in [-0.2, 0) is 0 Å². The highest BCUT2D eigenvalue weighted by molar-refractivity contribution is 5.56. The summed E-state index contributed by atoms with van der Waals surface area (Å²) in [7, 11) is 3.90. The molecule has 3 nitrogen and oxygen atoms in total. The van der Waals surface area contributed by atoms with Crippen molar-refractivity contribution in [3.63, 3.8) is 0 Å². The van der Waals surface area contributed by atoms with Crippen molar-refractivity contribution in [3.05, 3.63) is 23.8 Å². The van der Waals surface area contributed by atoms with Gasteiger partial charge in [0.25, 0.3) is 0 Å². The van der Waals surface area contributed by atoms with Crippen LogP contribution in [0.25, 0.3) is 0 Å². The van der Waals surface area contributed by atoms with Gasteiger partial charge < -0.3 is 11.2 Å². The lowest BCUT2D eigenvalue weighted by Crippen LogP contribution is -2.19. The monoisotopic (exact) mass is 165 g/mol. The molecule has 0 aliphatic heterocycles. The average Bonchev–Trinajstić information content (AvgIpc) is 1.96. The minimum absolute atomic E-state index is 0.833. The van der Waals surface area contributed by atoms with Crippen molar-refractivity contribution in [1.29, 1.82) is 0 Å². The van der Waals surface area contributed by atoms with Gasteiger partial charge in [-0.3, -0.25) is 0 Å². The van der Waals surface area contributed by atoms with Crippen LogP contribution in [0.1, 0.15) is 5.56 Å². The Balaban J connectivity index is 2.82. The molecule has 1 aromatic rings. The number of nitrogens with two attached hydrogens (primary N) is 1. The standard InChI is InChI=1S/C9H15N3/c1-7-6-8(11-12(2)3)4-5-9(7)10/h4-6,11H,10H2,1-3H3. The molecular formula is C9H15N3. The lowest BCUT2D eigenvalue weighted by atomic mass is 10.2. The molecular weight excluding hydrogens is 150 g/mol. The van der Waals surface area contributed by atoms with Gasteiger partial charge in [-0.05, 0) is 30.7 Å². The van der Waals surface area contributed by atoms with Crippen molar-refractivity contribution in [3.8, 4) is 0 Å². The number of benzene rings is 1. The van der Waals surface area contributed by atoms with Crippen LogP contribution in [0.5, 0.6) is 0 Å². The van der Waals surface area contributed by atoms with Crippen LogP contribution in [0.2, 0.25) is 0 Å². The van der Waals surface area contributed by atoms with Crippen molar-refractivity contribution in [2.45, 2.75) is 6.92 Å². The van der Waals surface area contributed by atoms with Crippen LogP contribution in [0.3, 0.4) is 0 Å². The third-order valence-corrected chi connectivity index (χ3v) is 1.62. The molecule has 66 valence electrons. The van der Waals surface area contributed by atoms with Crippen molar-refractivity contribution < 1.29 is 0 Å². The van der Waals surface area contributed by atoms with Crippen LogP contribution in [-0.4, -0.2) is 19.1 Å². The number of anilines is 2. The third kappa shape index (κ3) is 2.13. The lowest BCUT2D eigenvalue weighted by molar-refractivity contribution is 0.495. The van der Waals surface area contributed by atoms with E-state index in [1.54, 1.807) is 0 Å². The van der Waals surface area contributed by atoms with Gasteiger partial charge in [0.2, 0.25) is 0 Å². The summed E-state index contributed by atoms with van der Waals surface area (Å²) in [6, 6.07) is 5.89. The molecule has 0 radical (unpaired) electrons. The molecule has 0 saturated heterocycles. The highest BCUT2D eigenvalue weighted by Gasteiger charge is 1.95. The van der Waals surface area contributed by atoms with Crippen LogP contribution in [0.15, 0.2) is 18.2 Å². The molecule has 1 aromatic carbocycles. The highest BCUT2D eigenvalue weighted by atomic mass is 15.5. The maximum Gasteiger partial charge on any atom is 0.0494 e. The Morgan fingerprint density at radius 3 is 2.50 bits per heavy atom. The Hall–Kier alpha value is -1.22. The number of nitrogens with zero attached hydrogens (tertiary/aromatic N) is 1. The van der Waals surface area contributed by atoms with Crippen LogP contribution in [0.4, 0.5) is 11.4 Å². The zero-order valence-electron chi connectivity index (χ0n) is 7.76. The van der Waals surface area contributed by atoms with E-state index in [1.165, 1.54) is 0 Å². The molecule has 1 rings (SSSR count). The Labute approximate surface area is 73.1 Å². The summed E-state index contributed by atoms with van der Waals surface area (Å²) in [6.07, 6.45) is 0.